The highest BCUT2D eigenvalue weighted by molar-refractivity contribution is 5.79. The topological polar surface area (TPSA) is 42.1 Å². The van der Waals surface area contributed by atoms with Crippen LogP contribution in [0.2, 0.25) is 0 Å². The van der Waals surface area contributed by atoms with Crippen LogP contribution in [0.4, 0.5) is 0 Å². The first-order valence-electron chi connectivity index (χ1n) is 7.96. The molecule has 1 aliphatic heterocycles. The SMILES string of the molecule is Cc1ccc2cc(CN3CC(CN)CCC3C)ccc2n1. The second-order valence-corrected chi connectivity index (χ2v) is 6.44. The van der Waals surface area contributed by atoms with Crippen LogP contribution >= 0.6 is 0 Å². The summed E-state index contributed by atoms with van der Waals surface area (Å²) in [4.78, 5) is 7.15. The van der Waals surface area contributed by atoms with Gasteiger partial charge in [-0.15, -0.1) is 0 Å². The number of benzene rings is 1. The Balaban J connectivity index is 1.79. The molecule has 2 N–H and O–H groups in total. The summed E-state index contributed by atoms with van der Waals surface area (Å²) in [5.74, 6) is 0.658. The van der Waals surface area contributed by atoms with Gasteiger partial charge < -0.3 is 5.73 Å². The molecule has 2 aromatic rings. The number of nitrogens with zero attached hydrogens (tertiary/aromatic N) is 2. The summed E-state index contributed by atoms with van der Waals surface area (Å²) in [6.45, 7) is 7.32. The summed E-state index contributed by atoms with van der Waals surface area (Å²) in [6, 6.07) is 11.5. The van der Waals surface area contributed by atoms with Gasteiger partial charge in [-0.05, 0) is 62.9 Å². The number of likely N-dealkylation sites (tertiary alicyclic amines) is 1. The van der Waals surface area contributed by atoms with Gasteiger partial charge in [0.05, 0.1) is 5.52 Å². The average Bonchev–Trinajstić information content (AvgIpc) is 2.49. The fourth-order valence-corrected chi connectivity index (χ4v) is 3.28. The predicted molar refractivity (Wildman–Crippen MR) is 88.1 cm³/mol. The molecule has 3 rings (SSSR count). The van der Waals surface area contributed by atoms with Crippen molar-refractivity contribution in [1.29, 1.82) is 0 Å². The molecule has 1 fully saturated rings. The lowest BCUT2D eigenvalue weighted by Gasteiger charge is -2.37. The van der Waals surface area contributed by atoms with Crippen molar-refractivity contribution in [3.05, 3.63) is 41.6 Å². The standard InChI is InChI=1S/C18H25N3/c1-13-3-7-17-9-15(6-8-18(17)20-13)11-21-12-16(10-19)5-4-14(21)2/h3,6-9,14,16H,4-5,10-12,19H2,1-2H3. The monoisotopic (exact) mass is 283 g/mol. The summed E-state index contributed by atoms with van der Waals surface area (Å²) < 4.78 is 0. The minimum Gasteiger partial charge on any atom is -0.330 e. The Bertz CT molecular complexity index is 623. The van der Waals surface area contributed by atoms with Crippen molar-refractivity contribution in [3.63, 3.8) is 0 Å². The minimum absolute atomic E-state index is 0.652. The van der Waals surface area contributed by atoms with E-state index in [-0.39, 0.29) is 0 Å². The number of nitrogens with two attached hydrogens (primary N) is 1. The lowest BCUT2D eigenvalue weighted by atomic mass is 9.93. The zero-order chi connectivity index (χ0) is 14.8. The van der Waals surface area contributed by atoms with Crippen LogP contribution < -0.4 is 5.73 Å². The molecule has 0 saturated carbocycles. The van der Waals surface area contributed by atoms with Gasteiger partial charge in [-0.25, -0.2) is 0 Å². The quantitative estimate of drug-likeness (QED) is 0.941. The number of aryl methyl sites for hydroxylation is 1. The maximum atomic E-state index is 5.86. The molecule has 1 aliphatic rings. The first kappa shape index (κ1) is 14.5. The van der Waals surface area contributed by atoms with Gasteiger partial charge in [0.25, 0.3) is 0 Å². The highest BCUT2D eigenvalue weighted by Gasteiger charge is 2.24. The van der Waals surface area contributed by atoms with E-state index in [1.807, 2.05) is 6.92 Å². The van der Waals surface area contributed by atoms with Crippen LogP contribution in [-0.4, -0.2) is 29.0 Å². The maximum absolute atomic E-state index is 5.86. The van der Waals surface area contributed by atoms with E-state index in [1.165, 1.54) is 23.8 Å². The maximum Gasteiger partial charge on any atom is 0.0705 e. The molecule has 2 atom stereocenters. The first-order valence-corrected chi connectivity index (χ1v) is 7.96. The summed E-state index contributed by atoms with van der Waals surface area (Å²) in [5.41, 5.74) is 9.39. The molecule has 1 aromatic carbocycles. The Hall–Kier alpha value is -1.45. The largest absolute Gasteiger partial charge is 0.330 e. The van der Waals surface area contributed by atoms with E-state index in [9.17, 15) is 0 Å². The molecule has 1 aromatic heterocycles. The number of pyridine rings is 1. The van der Waals surface area contributed by atoms with Crippen LogP contribution in [0.3, 0.4) is 0 Å². The lowest BCUT2D eigenvalue weighted by molar-refractivity contribution is 0.113. The molecule has 0 bridgehead atoms. The second kappa shape index (κ2) is 6.12. The third kappa shape index (κ3) is 3.25. The Kier molecular flexibility index (Phi) is 4.22. The second-order valence-electron chi connectivity index (χ2n) is 6.44. The van der Waals surface area contributed by atoms with Gasteiger partial charge in [-0.1, -0.05) is 12.1 Å². The van der Waals surface area contributed by atoms with E-state index in [0.717, 1.165) is 30.8 Å². The van der Waals surface area contributed by atoms with Crippen molar-refractivity contribution in [2.75, 3.05) is 13.1 Å². The van der Waals surface area contributed by atoms with Crippen LogP contribution in [0.1, 0.15) is 31.0 Å². The highest BCUT2D eigenvalue weighted by atomic mass is 15.2. The molecule has 0 amide bonds. The third-order valence-electron chi connectivity index (χ3n) is 4.72. The molecule has 3 nitrogen and oxygen atoms in total. The smallest absolute Gasteiger partial charge is 0.0705 e. The molecular weight excluding hydrogens is 258 g/mol. The predicted octanol–water partition coefficient (Wildman–Crippen LogP) is 3.10. The van der Waals surface area contributed by atoms with Gasteiger partial charge in [0, 0.05) is 30.2 Å². The van der Waals surface area contributed by atoms with Crippen molar-refractivity contribution >= 4 is 10.9 Å². The van der Waals surface area contributed by atoms with Crippen LogP contribution in [0.5, 0.6) is 0 Å². The van der Waals surface area contributed by atoms with Crippen molar-refractivity contribution in [3.8, 4) is 0 Å². The molecule has 112 valence electrons. The molecule has 0 spiro atoms. The molecule has 2 unspecified atom stereocenters. The fraction of sp³-hybridized carbons (Fsp3) is 0.500. The number of rotatable bonds is 3. The molecule has 0 aliphatic carbocycles. The van der Waals surface area contributed by atoms with Crippen molar-refractivity contribution in [1.82, 2.24) is 9.88 Å². The Morgan fingerprint density at radius 2 is 2.10 bits per heavy atom. The van der Waals surface area contributed by atoms with E-state index < -0.39 is 0 Å². The molecule has 2 heterocycles. The van der Waals surface area contributed by atoms with Crippen LogP contribution in [0, 0.1) is 12.8 Å². The number of aromatic nitrogens is 1. The van der Waals surface area contributed by atoms with Crippen molar-refractivity contribution in [2.45, 2.75) is 39.3 Å². The summed E-state index contributed by atoms with van der Waals surface area (Å²) >= 11 is 0. The zero-order valence-corrected chi connectivity index (χ0v) is 13.0. The lowest BCUT2D eigenvalue weighted by Crippen LogP contribution is -2.43. The number of piperidine rings is 1. The average molecular weight is 283 g/mol. The van der Waals surface area contributed by atoms with Gasteiger partial charge in [0.2, 0.25) is 0 Å². The van der Waals surface area contributed by atoms with Crippen molar-refractivity contribution in [2.24, 2.45) is 11.7 Å². The number of hydrogen-bond acceptors (Lipinski definition) is 3. The highest BCUT2D eigenvalue weighted by Crippen LogP contribution is 2.24. The Morgan fingerprint density at radius 3 is 2.90 bits per heavy atom. The Labute approximate surface area is 127 Å². The molecule has 0 radical (unpaired) electrons. The zero-order valence-electron chi connectivity index (χ0n) is 13.0. The van der Waals surface area contributed by atoms with E-state index in [4.69, 9.17) is 5.73 Å². The van der Waals surface area contributed by atoms with E-state index in [2.05, 4.69) is 47.1 Å². The van der Waals surface area contributed by atoms with E-state index >= 15 is 0 Å². The number of hydrogen-bond donors (Lipinski definition) is 1. The summed E-state index contributed by atoms with van der Waals surface area (Å²) in [6.07, 6.45) is 2.53. The van der Waals surface area contributed by atoms with Crippen LogP contribution in [0.15, 0.2) is 30.3 Å². The first-order chi connectivity index (χ1) is 10.2. The van der Waals surface area contributed by atoms with Crippen molar-refractivity contribution < 1.29 is 0 Å². The van der Waals surface area contributed by atoms with Crippen LogP contribution in [-0.2, 0) is 6.54 Å². The van der Waals surface area contributed by atoms with Gasteiger partial charge in [0.15, 0.2) is 0 Å². The van der Waals surface area contributed by atoms with Gasteiger partial charge in [-0.3, -0.25) is 9.88 Å². The molecular formula is C18H25N3. The summed E-state index contributed by atoms with van der Waals surface area (Å²) in [7, 11) is 0. The van der Waals surface area contributed by atoms with Gasteiger partial charge >= 0.3 is 0 Å². The number of fused-ring (bicyclic) bond motifs is 1. The molecule has 21 heavy (non-hydrogen) atoms. The van der Waals surface area contributed by atoms with E-state index in [0.29, 0.717) is 12.0 Å². The fourth-order valence-electron chi connectivity index (χ4n) is 3.28. The normalized spacial score (nSPS) is 23.6. The van der Waals surface area contributed by atoms with Gasteiger partial charge in [0.1, 0.15) is 0 Å². The Morgan fingerprint density at radius 1 is 1.24 bits per heavy atom. The minimum atomic E-state index is 0.652. The van der Waals surface area contributed by atoms with Crippen LogP contribution in [0.25, 0.3) is 10.9 Å². The summed E-state index contributed by atoms with van der Waals surface area (Å²) in [5, 5.41) is 1.23. The van der Waals surface area contributed by atoms with E-state index in [1.54, 1.807) is 0 Å². The molecule has 1 saturated heterocycles. The molecule has 3 heteroatoms. The third-order valence-corrected chi connectivity index (χ3v) is 4.72. The van der Waals surface area contributed by atoms with Gasteiger partial charge in [-0.2, -0.15) is 0 Å².